The first-order chi connectivity index (χ1) is 10.1. The topological polar surface area (TPSA) is 61.5 Å². The van der Waals surface area contributed by atoms with Crippen LogP contribution in [0.2, 0.25) is 0 Å². The van der Waals surface area contributed by atoms with Crippen molar-refractivity contribution in [3.63, 3.8) is 0 Å². The third-order valence-corrected chi connectivity index (χ3v) is 4.93. The minimum absolute atomic E-state index is 0.0538. The summed E-state index contributed by atoms with van der Waals surface area (Å²) in [7, 11) is -2.99. The molecule has 1 aromatic rings. The molecular weight excluding hydrogens is 285 g/mol. The van der Waals surface area contributed by atoms with Gasteiger partial charge in [0.2, 0.25) is 0 Å². The zero-order chi connectivity index (χ0) is 15.6. The van der Waals surface area contributed by atoms with Crippen LogP contribution in [0.5, 0.6) is 0 Å². The highest BCUT2D eigenvalue weighted by Gasteiger charge is 2.21. The second-order valence-corrected chi connectivity index (χ2v) is 6.85. The van der Waals surface area contributed by atoms with Gasteiger partial charge in [0, 0.05) is 6.04 Å². The van der Waals surface area contributed by atoms with Crippen molar-refractivity contribution in [2.24, 2.45) is 5.73 Å². The van der Waals surface area contributed by atoms with Crippen molar-refractivity contribution < 1.29 is 13.6 Å². The molecule has 4 nitrogen and oxygen atoms in total. The first-order valence-electron chi connectivity index (χ1n) is 7.44. The van der Waals surface area contributed by atoms with E-state index in [4.69, 9.17) is 14.8 Å². The molecule has 0 spiro atoms. The average Bonchev–Trinajstić information content (AvgIpc) is 2.47. The molecule has 1 aromatic carbocycles. The van der Waals surface area contributed by atoms with Gasteiger partial charge in [0.15, 0.2) is 0 Å². The van der Waals surface area contributed by atoms with Gasteiger partial charge in [-0.3, -0.25) is 4.57 Å². The third kappa shape index (κ3) is 7.58. The van der Waals surface area contributed by atoms with Crippen molar-refractivity contribution in [2.45, 2.75) is 32.7 Å². The Hall–Kier alpha value is -0.930. The van der Waals surface area contributed by atoms with Crippen LogP contribution < -0.4 is 5.73 Å². The van der Waals surface area contributed by atoms with E-state index in [0.29, 0.717) is 13.2 Å². The Kier molecular flexibility index (Phi) is 8.55. The van der Waals surface area contributed by atoms with E-state index in [1.54, 1.807) is 13.8 Å². The SMILES string of the molecule is CCOP(=O)(C/C=C/[C@@H](N)CCc1ccccc1)OCC. The van der Waals surface area contributed by atoms with Crippen LogP contribution in [0.25, 0.3) is 0 Å². The van der Waals surface area contributed by atoms with E-state index < -0.39 is 7.60 Å². The molecule has 0 saturated heterocycles. The molecule has 5 heteroatoms. The predicted octanol–water partition coefficient (Wildman–Crippen LogP) is 3.77. The fraction of sp³-hybridized carbons (Fsp3) is 0.500. The highest BCUT2D eigenvalue weighted by Crippen LogP contribution is 2.47. The molecule has 0 heterocycles. The van der Waals surface area contributed by atoms with Crippen LogP contribution in [0.1, 0.15) is 25.8 Å². The summed E-state index contributed by atoms with van der Waals surface area (Å²) in [6.45, 7) is 4.37. The molecule has 0 unspecified atom stereocenters. The van der Waals surface area contributed by atoms with Crippen molar-refractivity contribution in [1.82, 2.24) is 0 Å². The Balaban J connectivity index is 2.39. The van der Waals surface area contributed by atoms with Gasteiger partial charge in [-0.2, -0.15) is 0 Å². The smallest absolute Gasteiger partial charge is 0.324 e. The van der Waals surface area contributed by atoms with Crippen LogP contribution in [-0.2, 0) is 20.0 Å². The summed E-state index contributed by atoms with van der Waals surface area (Å²) in [6, 6.07) is 10.2. The normalized spacial score (nSPS) is 13.7. The number of rotatable bonds is 10. The Labute approximate surface area is 127 Å². The van der Waals surface area contributed by atoms with Crippen LogP contribution in [0.4, 0.5) is 0 Å². The monoisotopic (exact) mass is 311 g/mol. The van der Waals surface area contributed by atoms with Gasteiger partial charge >= 0.3 is 7.60 Å². The first-order valence-corrected chi connectivity index (χ1v) is 9.16. The number of hydrogen-bond acceptors (Lipinski definition) is 4. The molecule has 0 aliphatic rings. The number of hydrogen-bond donors (Lipinski definition) is 1. The van der Waals surface area contributed by atoms with Gasteiger partial charge in [-0.25, -0.2) is 0 Å². The molecule has 0 bridgehead atoms. The second kappa shape index (κ2) is 9.91. The summed E-state index contributed by atoms with van der Waals surface area (Å²) >= 11 is 0. The lowest BCUT2D eigenvalue weighted by Crippen LogP contribution is -2.17. The summed E-state index contributed by atoms with van der Waals surface area (Å²) in [4.78, 5) is 0. The molecule has 0 fully saturated rings. The highest BCUT2D eigenvalue weighted by atomic mass is 31.2. The maximum atomic E-state index is 12.2. The Morgan fingerprint density at radius 2 is 1.81 bits per heavy atom. The van der Waals surface area contributed by atoms with Crippen LogP contribution in [0.3, 0.4) is 0 Å². The minimum Gasteiger partial charge on any atom is -0.324 e. The Bertz CT molecular complexity index is 452. The summed E-state index contributed by atoms with van der Waals surface area (Å²) in [5.41, 5.74) is 7.31. The molecule has 21 heavy (non-hydrogen) atoms. The van der Waals surface area contributed by atoms with Crippen LogP contribution in [0, 0.1) is 0 Å². The van der Waals surface area contributed by atoms with Crippen molar-refractivity contribution in [1.29, 1.82) is 0 Å². The van der Waals surface area contributed by atoms with Crippen molar-refractivity contribution in [3.8, 4) is 0 Å². The Morgan fingerprint density at radius 3 is 2.38 bits per heavy atom. The molecule has 0 amide bonds. The molecule has 0 aliphatic carbocycles. The number of aryl methyl sites for hydroxylation is 1. The van der Waals surface area contributed by atoms with Gasteiger partial charge in [0.1, 0.15) is 0 Å². The molecule has 0 aliphatic heterocycles. The third-order valence-electron chi connectivity index (χ3n) is 2.97. The van der Waals surface area contributed by atoms with Gasteiger partial charge < -0.3 is 14.8 Å². The molecular formula is C16H26NO3P. The van der Waals surface area contributed by atoms with Crippen molar-refractivity contribution in [2.75, 3.05) is 19.4 Å². The Morgan fingerprint density at radius 1 is 1.19 bits per heavy atom. The van der Waals surface area contributed by atoms with Gasteiger partial charge in [-0.05, 0) is 32.3 Å². The lowest BCUT2D eigenvalue weighted by atomic mass is 10.1. The summed E-state index contributed by atoms with van der Waals surface area (Å²) < 4.78 is 22.7. The fourth-order valence-electron chi connectivity index (χ4n) is 1.98. The first kappa shape index (κ1) is 18.1. The molecule has 2 N–H and O–H groups in total. The van der Waals surface area contributed by atoms with E-state index in [1.165, 1.54) is 5.56 Å². The maximum absolute atomic E-state index is 12.2. The minimum atomic E-state index is -2.99. The van der Waals surface area contributed by atoms with Crippen molar-refractivity contribution in [3.05, 3.63) is 48.0 Å². The highest BCUT2D eigenvalue weighted by molar-refractivity contribution is 7.54. The largest absolute Gasteiger partial charge is 0.334 e. The van der Waals surface area contributed by atoms with E-state index in [9.17, 15) is 4.57 Å². The molecule has 1 atom stereocenters. The quantitative estimate of drug-likeness (QED) is 0.528. The molecule has 1 rings (SSSR count). The zero-order valence-corrected chi connectivity index (χ0v) is 13.8. The number of nitrogens with two attached hydrogens (primary N) is 1. The maximum Gasteiger partial charge on any atom is 0.334 e. The molecule has 0 saturated carbocycles. The summed E-state index contributed by atoms with van der Waals surface area (Å²) in [5.74, 6) is 0. The predicted molar refractivity (Wildman–Crippen MR) is 87.6 cm³/mol. The van der Waals surface area contributed by atoms with Crippen LogP contribution in [0.15, 0.2) is 42.5 Å². The zero-order valence-electron chi connectivity index (χ0n) is 12.9. The van der Waals surface area contributed by atoms with Crippen LogP contribution in [-0.4, -0.2) is 25.4 Å². The summed E-state index contributed by atoms with van der Waals surface area (Å²) in [5, 5.41) is 0. The van der Waals surface area contributed by atoms with E-state index in [-0.39, 0.29) is 12.2 Å². The van der Waals surface area contributed by atoms with Gasteiger partial charge in [0.05, 0.1) is 19.4 Å². The van der Waals surface area contributed by atoms with E-state index in [1.807, 2.05) is 30.4 Å². The lowest BCUT2D eigenvalue weighted by molar-refractivity contribution is 0.222. The van der Waals surface area contributed by atoms with E-state index in [0.717, 1.165) is 12.8 Å². The van der Waals surface area contributed by atoms with E-state index in [2.05, 4.69) is 12.1 Å². The second-order valence-electron chi connectivity index (χ2n) is 4.75. The standard InChI is InChI=1S/C16H26NO3P/c1-3-19-21(18,20-4-2)14-8-11-16(17)13-12-15-9-6-5-7-10-15/h5-11,16H,3-4,12-14,17H2,1-2H3/b11-8+/t16-/m1/s1. The van der Waals surface area contributed by atoms with Crippen molar-refractivity contribution >= 4 is 7.60 Å². The van der Waals surface area contributed by atoms with Gasteiger partial charge in [-0.1, -0.05) is 42.5 Å². The summed E-state index contributed by atoms with van der Waals surface area (Å²) in [6.07, 6.45) is 5.75. The lowest BCUT2D eigenvalue weighted by Gasteiger charge is -2.15. The van der Waals surface area contributed by atoms with Gasteiger partial charge in [0.25, 0.3) is 0 Å². The van der Waals surface area contributed by atoms with E-state index >= 15 is 0 Å². The average molecular weight is 311 g/mol. The fourth-order valence-corrected chi connectivity index (χ4v) is 3.43. The molecule has 0 radical (unpaired) electrons. The van der Waals surface area contributed by atoms with Crippen LogP contribution >= 0.6 is 7.60 Å². The number of benzene rings is 1. The molecule has 0 aromatic heterocycles. The van der Waals surface area contributed by atoms with Gasteiger partial charge in [-0.15, -0.1) is 0 Å². The number of allylic oxidation sites excluding steroid dienone is 1. The molecule has 118 valence electrons.